The number of methoxy groups -OCH3 is 2. The van der Waals surface area contributed by atoms with Crippen molar-refractivity contribution < 1.29 is 14.3 Å². The van der Waals surface area contributed by atoms with E-state index >= 15 is 0 Å². The molecule has 0 aliphatic carbocycles. The average Bonchev–Trinajstić information content (AvgIpc) is 2.29. The molecule has 0 radical (unpaired) electrons. The molecule has 0 atom stereocenters. The molecule has 0 aromatic heterocycles. The number of nitrogens with one attached hydrogen (secondary N) is 1. The molecule has 0 unspecified atom stereocenters. The number of nitrogens with two attached hydrogens (primary N) is 1. The number of carbonyl (C=O) groups is 1. The third-order valence-corrected chi connectivity index (χ3v) is 2.10. The summed E-state index contributed by atoms with van der Waals surface area (Å²) in [5, 5.41) is 2.69. The summed E-state index contributed by atoms with van der Waals surface area (Å²) in [5.74, 6) is 0.420. The van der Waals surface area contributed by atoms with Gasteiger partial charge in [-0.05, 0) is 12.1 Å². The van der Waals surface area contributed by atoms with Crippen LogP contribution in [0.5, 0.6) is 5.75 Å². The van der Waals surface area contributed by atoms with Crippen molar-refractivity contribution in [3.8, 4) is 5.75 Å². The maximum absolute atomic E-state index is 11.7. The highest BCUT2D eigenvalue weighted by Crippen LogP contribution is 2.19. The van der Waals surface area contributed by atoms with E-state index in [9.17, 15) is 4.79 Å². The van der Waals surface area contributed by atoms with Gasteiger partial charge in [0, 0.05) is 25.4 Å². The van der Waals surface area contributed by atoms with Crippen LogP contribution in [0, 0.1) is 0 Å². The van der Waals surface area contributed by atoms with Gasteiger partial charge in [-0.1, -0.05) is 0 Å². The molecule has 0 spiro atoms. The van der Waals surface area contributed by atoms with E-state index in [1.807, 2.05) is 0 Å². The molecule has 1 aromatic rings. The number of ether oxygens (including phenoxy) is 2. The van der Waals surface area contributed by atoms with Gasteiger partial charge in [0.1, 0.15) is 5.75 Å². The van der Waals surface area contributed by atoms with Gasteiger partial charge in [0.05, 0.1) is 19.3 Å². The predicted molar refractivity (Wildman–Crippen MR) is 61.6 cm³/mol. The molecule has 0 aliphatic heterocycles. The number of anilines is 1. The Kier molecular flexibility index (Phi) is 4.60. The lowest BCUT2D eigenvalue weighted by molar-refractivity contribution is 0.0938. The van der Waals surface area contributed by atoms with E-state index in [1.165, 1.54) is 0 Å². The van der Waals surface area contributed by atoms with Crippen LogP contribution in [0.15, 0.2) is 18.2 Å². The first kappa shape index (κ1) is 12.3. The Morgan fingerprint density at radius 1 is 1.44 bits per heavy atom. The molecule has 5 nitrogen and oxygen atoms in total. The van der Waals surface area contributed by atoms with Gasteiger partial charge in [0.25, 0.3) is 5.91 Å². The zero-order valence-electron chi connectivity index (χ0n) is 9.45. The summed E-state index contributed by atoms with van der Waals surface area (Å²) in [4.78, 5) is 11.7. The fraction of sp³-hybridized carbons (Fsp3) is 0.364. The maximum Gasteiger partial charge on any atom is 0.253 e. The summed E-state index contributed by atoms with van der Waals surface area (Å²) in [5.41, 5.74) is 6.57. The van der Waals surface area contributed by atoms with E-state index in [2.05, 4.69) is 5.32 Å². The zero-order chi connectivity index (χ0) is 12.0. The fourth-order valence-electron chi connectivity index (χ4n) is 1.24. The van der Waals surface area contributed by atoms with Crippen LogP contribution >= 0.6 is 0 Å². The highest BCUT2D eigenvalue weighted by molar-refractivity contribution is 5.99. The van der Waals surface area contributed by atoms with Gasteiger partial charge in [-0.2, -0.15) is 0 Å². The Balaban J connectivity index is 2.68. The summed E-state index contributed by atoms with van der Waals surface area (Å²) in [6.07, 6.45) is 0. The number of amides is 1. The van der Waals surface area contributed by atoms with Gasteiger partial charge in [-0.25, -0.2) is 0 Å². The predicted octanol–water partition coefficient (Wildman–Crippen LogP) is 0.654. The molecule has 0 bridgehead atoms. The second-order valence-electron chi connectivity index (χ2n) is 3.20. The third kappa shape index (κ3) is 3.13. The highest BCUT2D eigenvalue weighted by atomic mass is 16.5. The largest absolute Gasteiger partial charge is 0.497 e. The van der Waals surface area contributed by atoms with E-state index in [-0.39, 0.29) is 5.91 Å². The summed E-state index contributed by atoms with van der Waals surface area (Å²) >= 11 is 0. The van der Waals surface area contributed by atoms with Crippen LogP contribution in [0.2, 0.25) is 0 Å². The Morgan fingerprint density at radius 2 is 2.19 bits per heavy atom. The minimum atomic E-state index is -0.211. The van der Waals surface area contributed by atoms with E-state index in [0.29, 0.717) is 30.2 Å². The average molecular weight is 224 g/mol. The molecule has 0 fully saturated rings. The van der Waals surface area contributed by atoms with Gasteiger partial charge in [-0.15, -0.1) is 0 Å². The number of hydrogen-bond donors (Lipinski definition) is 2. The van der Waals surface area contributed by atoms with Crippen LogP contribution in [-0.4, -0.2) is 33.3 Å². The topological polar surface area (TPSA) is 73.6 Å². The zero-order valence-corrected chi connectivity index (χ0v) is 9.45. The quantitative estimate of drug-likeness (QED) is 0.569. The van der Waals surface area contributed by atoms with Crippen LogP contribution < -0.4 is 15.8 Å². The monoisotopic (exact) mass is 224 g/mol. The minimum Gasteiger partial charge on any atom is -0.497 e. The van der Waals surface area contributed by atoms with Crippen molar-refractivity contribution >= 4 is 11.6 Å². The van der Waals surface area contributed by atoms with E-state index in [4.69, 9.17) is 15.2 Å². The Hall–Kier alpha value is -1.75. The summed E-state index contributed by atoms with van der Waals surface area (Å²) in [6.45, 7) is 0.933. The van der Waals surface area contributed by atoms with E-state index in [0.717, 1.165) is 0 Å². The second kappa shape index (κ2) is 5.97. The number of carbonyl (C=O) groups excluding carboxylic acids is 1. The van der Waals surface area contributed by atoms with Gasteiger partial charge in [-0.3, -0.25) is 4.79 Å². The van der Waals surface area contributed by atoms with Crippen molar-refractivity contribution in [1.29, 1.82) is 0 Å². The van der Waals surface area contributed by atoms with Crippen LogP contribution in [0.25, 0.3) is 0 Å². The number of rotatable bonds is 5. The van der Waals surface area contributed by atoms with Crippen molar-refractivity contribution in [1.82, 2.24) is 5.32 Å². The highest BCUT2D eigenvalue weighted by Gasteiger charge is 2.09. The van der Waals surface area contributed by atoms with Gasteiger partial charge in [0.2, 0.25) is 0 Å². The standard InChI is InChI=1S/C11H16N2O3/c1-15-6-5-13-11(14)9-4-3-8(16-2)7-10(9)12/h3-4,7H,5-6,12H2,1-2H3,(H,13,14). The van der Waals surface area contributed by atoms with Gasteiger partial charge < -0.3 is 20.5 Å². The first-order valence-electron chi connectivity index (χ1n) is 4.89. The Bertz CT molecular complexity index is 366. The van der Waals surface area contributed by atoms with E-state index < -0.39 is 0 Å². The molecule has 0 aliphatic rings. The molecule has 88 valence electrons. The molecule has 1 amide bonds. The molecule has 16 heavy (non-hydrogen) atoms. The molecule has 0 saturated carbocycles. The Morgan fingerprint density at radius 3 is 2.75 bits per heavy atom. The molecule has 0 saturated heterocycles. The van der Waals surface area contributed by atoms with Gasteiger partial charge >= 0.3 is 0 Å². The van der Waals surface area contributed by atoms with Gasteiger partial charge in [0.15, 0.2) is 0 Å². The smallest absolute Gasteiger partial charge is 0.253 e. The van der Waals surface area contributed by atoms with Crippen molar-refractivity contribution in [3.63, 3.8) is 0 Å². The first-order chi connectivity index (χ1) is 7.69. The van der Waals surface area contributed by atoms with Crippen molar-refractivity contribution in [2.75, 3.05) is 33.1 Å². The molecule has 5 heteroatoms. The van der Waals surface area contributed by atoms with E-state index in [1.54, 1.807) is 32.4 Å². The van der Waals surface area contributed by atoms with Crippen molar-refractivity contribution in [2.45, 2.75) is 0 Å². The summed E-state index contributed by atoms with van der Waals surface area (Å²) < 4.78 is 9.83. The minimum absolute atomic E-state index is 0.211. The molecular weight excluding hydrogens is 208 g/mol. The number of benzene rings is 1. The SMILES string of the molecule is COCCNC(=O)c1ccc(OC)cc1N. The second-order valence-corrected chi connectivity index (χ2v) is 3.20. The van der Waals surface area contributed by atoms with Crippen molar-refractivity contribution in [3.05, 3.63) is 23.8 Å². The van der Waals surface area contributed by atoms with Crippen LogP contribution in [-0.2, 0) is 4.74 Å². The van der Waals surface area contributed by atoms with Crippen LogP contribution in [0.1, 0.15) is 10.4 Å². The fourth-order valence-corrected chi connectivity index (χ4v) is 1.24. The number of nitrogen functional groups attached to an aromatic ring is 1. The lowest BCUT2D eigenvalue weighted by Gasteiger charge is -2.08. The maximum atomic E-state index is 11.7. The third-order valence-electron chi connectivity index (χ3n) is 2.10. The van der Waals surface area contributed by atoms with Crippen LogP contribution in [0.4, 0.5) is 5.69 Å². The first-order valence-corrected chi connectivity index (χ1v) is 4.89. The van der Waals surface area contributed by atoms with Crippen LogP contribution in [0.3, 0.4) is 0 Å². The number of hydrogen-bond acceptors (Lipinski definition) is 4. The molecule has 1 aromatic carbocycles. The lowest BCUT2D eigenvalue weighted by Crippen LogP contribution is -2.27. The molecule has 1 rings (SSSR count). The molecule has 3 N–H and O–H groups in total. The molecule has 0 heterocycles. The normalized spacial score (nSPS) is 9.88. The molecular formula is C11H16N2O3. The summed E-state index contributed by atoms with van der Waals surface area (Å²) in [6, 6.07) is 4.95. The van der Waals surface area contributed by atoms with Crippen molar-refractivity contribution in [2.24, 2.45) is 0 Å². The Labute approximate surface area is 94.5 Å². The summed E-state index contributed by atoms with van der Waals surface area (Å²) in [7, 11) is 3.13. The lowest BCUT2D eigenvalue weighted by atomic mass is 10.1.